The van der Waals surface area contributed by atoms with E-state index in [1.54, 1.807) is 0 Å². The second-order valence-corrected chi connectivity index (χ2v) is 6.19. The second-order valence-electron chi connectivity index (χ2n) is 6.19. The first-order chi connectivity index (χ1) is 9.26. The lowest BCUT2D eigenvalue weighted by molar-refractivity contribution is -0.143. The molecule has 0 spiro atoms. The van der Waals surface area contributed by atoms with E-state index in [1.165, 1.54) is 65.0 Å². The molecule has 2 aliphatic rings. The van der Waals surface area contributed by atoms with Crippen molar-refractivity contribution < 1.29 is 9.53 Å². The van der Waals surface area contributed by atoms with Crippen LogP contribution in [0.4, 0.5) is 0 Å². The average molecular weight is 267 g/mol. The fourth-order valence-corrected chi connectivity index (χ4v) is 4.06. The predicted octanol–water partition coefficient (Wildman–Crippen LogP) is 3.37. The van der Waals surface area contributed by atoms with Gasteiger partial charge < -0.3 is 4.74 Å². The van der Waals surface area contributed by atoms with Crippen molar-refractivity contribution in [1.82, 2.24) is 4.90 Å². The molecule has 2 fully saturated rings. The Bertz CT molecular complexity index is 292. The number of nitrogens with zero attached hydrogens (tertiary/aromatic N) is 1. The molecule has 1 heterocycles. The molecule has 0 aromatic heterocycles. The van der Waals surface area contributed by atoms with Crippen molar-refractivity contribution in [2.45, 2.75) is 76.8 Å². The lowest BCUT2D eigenvalue weighted by Crippen LogP contribution is -2.51. The number of esters is 1. The van der Waals surface area contributed by atoms with E-state index in [4.69, 9.17) is 4.74 Å². The third kappa shape index (κ3) is 3.71. The summed E-state index contributed by atoms with van der Waals surface area (Å²) in [7, 11) is 1.50. The Morgan fingerprint density at radius 1 is 1.16 bits per heavy atom. The molecule has 2 rings (SSSR count). The normalized spacial score (nSPS) is 33.1. The van der Waals surface area contributed by atoms with E-state index in [2.05, 4.69) is 11.8 Å². The summed E-state index contributed by atoms with van der Waals surface area (Å²) in [5, 5.41) is 0. The van der Waals surface area contributed by atoms with E-state index >= 15 is 0 Å². The molecule has 1 aliphatic carbocycles. The van der Waals surface area contributed by atoms with E-state index < -0.39 is 0 Å². The SMILES string of the molecule is CCC1CCCCC1N1CCCCC1CC(=O)OC. The van der Waals surface area contributed by atoms with Gasteiger partial charge in [-0.15, -0.1) is 0 Å². The summed E-state index contributed by atoms with van der Waals surface area (Å²) < 4.78 is 4.88. The van der Waals surface area contributed by atoms with Gasteiger partial charge in [-0.3, -0.25) is 9.69 Å². The smallest absolute Gasteiger partial charge is 0.307 e. The fraction of sp³-hybridized carbons (Fsp3) is 0.938. The number of ether oxygens (including phenoxy) is 1. The molecule has 0 aromatic carbocycles. The summed E-state index contributed by atoms with van der Waals surface area (Å²) in [6.07, 6.45) is 11.1. The molecule has 19 heavy (non-hydrogen) atoms. The van der Waals surface area contributed by atoms with Crippen molar-refractivity contribution >= 4 is 5.97 Å². The Labute approximate surface area is 117 Å². The van der Waals surface area contributed by atoms with Crippen LogP contribution in [0.1, 0.15) is 64.7 Å². The molecular formula is C16H29NO2. The Morgan fingerprint density at radius 2 is 1.89 bits per heavy atom. The van der Waals surface area contributed by atoms with E-state index in [0.717, 1.165) is 5.92 Å². The van der Waals surface area contributed by atoms with Gasteiger partial charge in [0.15, 0.2) is 0 Å². The van der Waals surface area contributed by atoms with Gasteiger partial charge in [-0.2, -0.15) is 0 Å². The minimum absolute atomic E-state index is 0.0410. The number of carbonyl (C=O) groups excluding carboxylic acids is 1. The topological polar surface area (TPSA) is 29.5 Å². The standard InChI is InChI=1S/C16H29NO2/c1-3-13-8-4-5-10-15(13)17-11-7-6-9-14(17)12-16(18)19-2/h13-15H,3-12H2,1-2H3. The van der Waals surface area contributed by atoms with E-state index in [-0.39, 0.29) is 5.97 Å². The van der Waals surface area contributed by atoms with Crippen LogP contribution in [0.2, 0.25) is 0 Å². The lowest BCUT2D eigenvalue weighted by Gasteiger charge is -2.46. The van der Waals surface area contributed by atoms with Crippen LogP contribution < -0.4 is 0 Å². The van der Waals surface area contributed by atoms with Gasteiger partial charge in [0.25, 0.3) is 0 Å². The average Bonchev–Trinajstić information content (AvgIpc) is 2.47. The predicted molar refractivity (Wildman–Crippen MR) is 77.0 cm³/mol. The van der Waals surface area contributed by atoms with Crippen LogP contribution in [0.25, 0.3) is 0 Å². The fourth-order valence-electron chi connectivity index (χ4n) is 4.06. The Balaban J connectivity index is 2.02. The van der Waals surface area contributed by atoms with Crippen LogP contribution in [-0.2, 0) is 9.53 Å². The third-order valence-corrected chi connectivity index (χ3v) is 5.12. The van der Waals surface area contributed by atoms with E-state index in [9.17, 15) is 4.79 Å². The molecule has 0 N–H and O–H groups in total. The zero-order chi connectivity index (χ0) is 13.7. The largest absolute Gasteiger partial charge is 0.469 e. The first kappa shape index (κ1) is 14.8. The highest BCUT2D eigenvalue weighted by molar-refractivity contribution is 5.69. The van der Waals surface area contributed by atoms with Crippen LogP contribution in [0.3, 0.4) is 0 Å². The maximum atomic E-state index is 11.6. The monoisotopic (exact) mass is 267 g/mol. The zero-order valence-corrected chi connectivity index (χ0v) is 12.6. The highest BCUT2D eigenvalue weighted by Crippen LogP contribution is 2.35. The highest BCUT2D eigenvalue weighted by atomic mass is 16.5. The van der Waals surface area contributed by atoms with Gasteiger partial charge in [-0.1, -0.05) is 32.6 Å². The number of methoxy groups -OCH3 is 1. The zero-order valence-electron chi connectivity index (χ0n) is 12.6. The van der Waals surface area contributed by atoms with Gasteiger partial charge in [-0.25, -0.2) is 0 Å². The van der Waals surface area contributed by atoms with E-state index in [0.29, 0.717) is 18.5 Å². The summed E-state index contributed by atoms with van der Waals surface area (Å²) in [5.41, 5.74) is 0. The Hall–Kier alpha value is -0.570. The Morgan fingerprint density at radius 3 is 2.63 bits per heavy atom. The molecule has 3 unspecified atom stereocenters. The summed E-state index contributed by atoms with van der Waals surface area (Å²) in [6.45, 7) is 3.51. The summed E-state index contributed by atoms with van der Waals surface area (Å²) >= 11 is 0. The lowest BCUT2D eigenvalue weighted by atomic mass is 9.80. The highest BCUT2D eigenvalue weighted by Gasteiger charge is 2.35. The van der Waals surface area contributed by atoms with Crippen molar-refractivity contribution in [3.8, 4) is 0 Å². The summed E-state index contributed by atoms with van der Waals surface area (Å²) in [5.74, 6) is 0.799. The van der Waals surface area contributed by atoms with Crippen LogP contribution in [0.15, 0.2) is 0 Å². The van der Waals surface area contributed by atoms with Crippen molar-refractivity contribution in [3.05, 3.63) is 0 Å². The van der Waals surface area contributed by atoms with Gasteiger partial charge in [0, 0.05) is 12.1 Å². The maximum absolute atomic E-state index is 11.6. The van der Waals surface area contributed by atoms with Crippen molar-refractivity contribution in [1.29, 1.82) is 0 Å². The van der Waals surface area contributed by atoms with Gasteiger partial charge >= 0.3 is 5.97 Å². The van der Waals surface area contributed by atoms with Gasteiger partial charge in [-0.05, 0) is 38.1 Å². The molecule has 110 valence electrons. The number of likely N-dealkylation sites (tertiary alicyclic amines) is 1. The van der Waals surface area contributed by atoms with Crippen LogP contribution >= 0.6 is 0 Å². The molecule has 3 nitrogen and oxygen atoms in total. The maximum Gasteiger partial charge on any atom is 0.307 e. The van der Waals surface area contributed by atoms with Crippen LogP contribution in [0, 0.1) is 5.92 Å². The number of carbonyl (C=O) groups is 1. The first-order valence-corrected chi connectivity index (χ1v) is 8.08. The molecule has 0 radical (unpaired) electrons. The van der Waals surface area contributed by atoms with Crippen molar-refractivity contribution in [2.75, 3.05) is 13.7 Å². The van der Waals surface area contributed by atoms with Gasteiger partial charge in [0.05, 0.1) is 13.5 Å². The minimum Gasteiger partial charge on any atom is -0.469 e. The summed E-state index contributed by atoms with van der Waals surface area (Å²) in [4.78, 5) is 14.3. The van der Waals surface area contributed by atoms with Gasteiger partial charge in [0.2, 0.25) is 0 Å². The molecular weight excluding hydrogens is 238 g/mol. The minimum atomic E-state index is -0.0410. The summed E-state index contributed by atoms with van der Waals surface area (Å²) in [6, 6.07) is 1.15. The number of piperidine rings is 1. The van der Waals surface area contributed by atoms with Crippen LogP contribution in [-0.4, -0.2) is 36.6 Å². The number of hydrogen-bond acceptors (Lipinski definition) is 3. The molecule has 1 aliphatic heterocycles. The Kier molecular flexibility index (Phi) is 5.68. The van der Waals surface area contributed by atoms with Crippen molar-refractivity contribution in [2.24, 2.45) is 5.92 Å². The molecule has 0 amide bonds. The number of hydrogen-bond donors (Lipinski definition) is 0. The van der Waals surface area contributed by atoms with Crippen molar-refractivity contribution in [3.63, 3.8) is 0 Å². The first-order valence-electron chi connectivity index (χ1n) is 8.08. The molecule has 3 atom stereocenters. The second kappa shape index (κ2) is 7.28. The van der Waals surface area contributed by atoms with Crippen LogP contribution in [0.5, 0.6) is 0 Å². The quantitative estimate of drug-likeness (QED) is 0.731. The molecule has 0 bridgehead atoms. The molecule has 3 heteroatoms. The molecule has 1 saturated heterocycles. The van der Waals surface area contributed by atoms with Gasteiger partial charge in [0.1, 0.15) is 0 Å². The molecule has 0 aromatic rings. The number of rotatable bonds is 4. The molecule has 1 saturated carbocycles. The third-order valence-electron chi connectivity index (χ3n) is 5.12. The van der Waals surface area contributed by atoms with E-state index in [1.807, 2.05) is 0 Å².